The van der Waals surface area contributed by atoms with Crippen molar-refractivity contribution in [2.45, 2.75) is 31.5 Å². The number of amides is 2. The molecule has 1 aliphatic heterocycles. The quantitative estimate of drug-likeness (QED) is 0.791. The lowest BCUT2D eigenvalue weighted by molar-refractivity contribution is -0.141. The molecule has 8 heteroatoms. The number of aliphatic hydroxyl groups is 1. The van der Waals surface area contributed by atoms with E-state index in [1.54, 1.807) is 13.0 Å². The van der Waals surface area contributed by atoms with Gasteiger partial charge in [-0.1, -0.05) is 11.6 Å². The molecule has 1 aliphatic rings. The molecule has 0 saturated carbocycles. The van der Waals surface area contributed by atoms with Crippen LogP contribution in [0.4, 0.5) is 4.79 Å². The first-order chi connectivity index (χ1) is 9.38. The number of carbonyl (C=O) groups excluding carboxylic acids is 1. The van der Waals surface area contributed by atoms with Gasteiger partial charge >= 0.3 is 12.0 Å². The summed E-state index contributed by atoms with van der Waals surface area (Å²) < 4.78 is 0.626. The summed E-state index contributed by atoms with van der Waals surface area (Å²) in [5, 5.41) is 21.3. The number of carbonyl (C=O) groups is 2. The number of carboxylic acids is 1. The van der Waals surface area contributed by atoms with E-state index in [1.807, 2.05) is 6.07 Å². The topological polar surface area (TPSA) is 89.9 Å². The molecule has 1 aromatic heterocycles. The summed E-state index contributed by atoms with van der Waals surface area (Å²) in [5.41, 5.74) is 0. The van der Waals surface area contributed by atoms with Crippen molar-refractivity contribution in [1.29, 1.82) is 0 Å². The second-order valence-corrected chi connectivity index (χ2v) is 6.46. The Balaban J connectivity index is 2.02. The molecule has 0 aromatic carbocycles. The Morgan fingerprint density at radius 1 is 1.55 bits per heavy atom. The number of halogens is 1. The lowest BCUT2D eigenvalue weighted by atomic mass is 10.2. The van der Waals surface area contributed by atoms with Crippen molar-refractivity contribution >= 4 is 34.9 Å². The predicted molar refractivity (Wildman–Crippen MR) is 75.0 cm³/mol. The molecule has 2 unspecified atom stereocenters. The SMILES string of the molecule is CC(NC(=O)N1CC(O)C[C@H]1C(=O)O)c1ccc(Cl)s1. The van der Waals surface area contributed by atoms with Gasteiger partial charge in [-0.05, 0) is 19.1 Å². The molecule has 20 heavy (non-hydrogen) atoms. The highest BCUT2D eigenvalue weighted by molar-refractivity contribution is 7.16. The van der Waals surface area contributed by atoms with Crippen LogP contribution in [0.1, 0.15) is 24.3 Å². The number of nitrogens with zero attached hydrogens (tertiary/aromatic N) is 1. The highest BCUT2D eigenvalue weighted by atomic mass is 35.5. The van der Waals surface area contributed by atoms with Crippen molar-refractivity contribution in [3.63, 3.8) is 0 Å². The zero-order valence-corrected chi connectivity index (χ0v) is 12.3. The van der Waals surface area contributed by atoms with Gasteiger partial charge in [-0.2, -0.15) is 0 Å². The number of rotatable bonds is 3. The number of urea groups is 1. The van der Waals surface area contributed by atoms with E-state index >= 15 is 0 Å². The number of nitrogens with one attached hydrogen (secondary N) is 1. The van der Waals surface area contributed by atoms with Gasteiger partial charge in [0.05, 0.1) is 16.5 Å². The van der Waals surface area contributed by atoms with Crippen molar-refractivity contribution in [2.24, 2.45) is 0 Å². The first-order valence-corrected chi connectivity index (χ1v) is 7.31. The van der Waals surface area contributed by atoms with Crippen LogP contribution in [-0.2, 0) is 4.79 Å². The highest BCUT2D eigenvalue weighted by Gasteiger charge is 2.39. The second-order valence-electron chi connectivity index (χ2n) is 4.71. The summed E-state index contributed by atoms with van der Waals surface area (Å²) >= 11 is 7.19. The molecule has 0 bridgehead atoms. The lowest BCUT2D eigenvalue weighted by Crippen LogP contribution is -2.46. The molecule has 3 N–H and O–H groups in total. The number of hydrogen-bond acceptors (Lipinski definition) is 4. The largest absolute Gasteiger partial charge is 0.480 e. The van der Waals surface area contributed by atoms with Gasteiger partial charge in [0.1, 0.15) is 6.04 Å². The maximum absolute atomic E-state index is 12.1. The number of aliphatic hydroxyl groups excluding tert-OH is 1. The Morgan fingerprint density at radius 3 is 2.80 bits per heavy atom. The summed E-state index contributed by atoms with van der Waals surface area (Å²) in [6, 6.07) is 1.80. The van der Waals surface area contributed by atoms with Crippen LogP contribution in [0, 0.1) is 0 Å². The van der Waals surface area contributed by atoms with Gasteiger partial charge in [-0.25, -0.2) is 9.59 Å². The van der Waals surface area contributed by atoms with Crippen LogP contribution in [0.15, 0.2) is 12.1 Å². The van der Waals surface area contributed by atoms with Crippen molar-refractivity contribution in [2.75, 3.05) is 6.54 Å². The number of aliphatic carboxylic acids is 1. The minimum absolute atomic E-state index is 0.0285. The molecule has 0 radical (unpaired) electrons. The number of β-amino-alcohol motifs (C(OH)–C–C–N with tert-alkyl or cyclic N) is 1. The van der Waals surface area contributed by atoms with Crippen LogP contribution < -0.4 is 5.32 Å². The molecular weight excluding hydrogens is 304 g/mol. The minimum Gasteiger partial charge on any atom is -0.480 e. The standard InChI is InChI=1S/C12H15ClN2O4S/c1-6(9-2-3-10(13)20-9)14-12(19)15-5-7(16)4-8(15)11(17)18/h2-3,6-8,16H,4-5H2,1H3,(H,14,19)(H,17,18)/t6?,7?,8-/m0/s1. The zero-order valence-electron chi connectivity index (χ0n) is 10.7. The fourth-order valence-corrected chi connectivity index (χ4v) is 3.24. The first-order valence-electron chi connectivity index (χ1n) is 6.11. The van der Waals surface area contributed by atoms with Crippen LogP contribution in [0.5, 0.6) is 0 Å². The van der Waals surface area contributed by atoms with Gasteiger partial charge in [-0.3, -0.25) is 0 Å². The molecule has 2 amide bonds. The second kappa shape index (κ2) is 5.99. The summed E-state index contributed by atoms with van der Waals surface area (Å²) in [6.45, 7) is 1.82. The average Bonchev–Trinajstić information content (AvgIpc) is 2.95. The molecule has 6 nitrogen and oxygen atoms in total. The van der Waals surface area contributed by atoms with E-state index in [2.05, 4.69) is 5.32 Å². The molecule has 1 saturated heterocycles. The normalized spacial score (nSPS) is 23.6. The molecule has 3 atom stereocenters. The molecular formula is C12H15ClN2O4S. The molecule has 0 spiro atoms. The predicted octanol–water partition coefficient (Wildman–Crippen LogP) is 1.69. The number of thiophene rings is 1. The maximum Gasteiger partial charge on any atom is 0.326 e. The molecule has 0 aliphatic carbocycles. The van der Waals surface area contributed by atoms with Crippen LogP contribution in [-0.4, -0.2) is 45.8 Å². The Labute approximate surface area is 125 Å². The van der Waals surface area contributed by atoms with Crippen LogP contribution in [0.25, 0.3) is 0 Å². The Morgan fingerprint density at radius 2 is 2.25 bits per heavy atom. The first kappa shape index (κ1) is 15.1. The Kier molecular flexibility index (Phi) is 4.52. The van der Waals surface area contributed by atoms with E-state index in [-0.39, 0.29) is 19.0 Å². The molecule has 2 rings (SSSR count). The summed E-state index contributed by atoms with van der Waals surface area (Å²) in [7, 11) is 0. The van der Waals surface area contributed by atoms with E-state index in [4.69, 9.17) is 16.7 Å². The monoisotopic (exact) mass is 318 g/mol. The lowest BCUT2D eigenvalue weighted by Gasteiger charge is -2.23. The third-order valence-corrected chi connectivity index (χ3v) is 4.60. The van der Waals surface area contributed by atoms with E-state index < -0.39 is 24.1 Å². The summed E-state index contributed by atoms with van der Waals surface area (Å²) in [4.78, 5) is 25.2. The summed E-state index contributed by atoms with van der Waals surface area (Å²) in [6.07, 6.45) is -0.740. The van der Waals surface area contributed by atoms with E-state index in [0.717, 1.165) is 9.78 Å². The van der Waals surface area contributed by atoms with E-state index in [0.29, 0.717) is 4.34 Å². The van der Waals surface area contributed by atoms with Gasteiger partial charge < -0.3 is 20.4 Å². The Hall–Kier alpha value is -1.31. The molecule has 1 fully saturated rings. The van der Waals surface area contributed by atoms with Gasteiger partial charge in [0.2, 0.25) is 0 Å². The molecule has 1 aromatic rings. The fourth-order valence-electron chi connectivity index (χ4n) is 2.17. The van der Waals surface area contributed by atoms with Crippen LogP contribution in [0.2, 0.25) is 4.34 Å². The average molecular weight is 319 g/mol. The van der Waals surface area contributed by atoms with Crippen LogP contribution >= 0.6 is 22.9 Å². The van der Waals surface area contributed by atoms with Crippen molar-refractivity contribution in [3.05, 3.63) is 21.3 Å². The van der Waals surface area contributed by atoms with Gasteiger partial charge in [0, 0.05) is 17.8 Å². The van der Waals surface area contributed by atoms with Crippen molar-refractivity contribution in [1.82, 2.24) is 10.2 Å². The van der Waals surface area contributed by atoms with Crippen LogP contribution in [0.3, 0.4) is 0 Å². The molecule has 2 heterocycles. The minimum atomic E-state index is -1.11. The fraction of sp³-hybridized carbons (Fsp3) is 0.500. The number of likely N-dealkylation sites (tertiary alicyclic amines) is 1. The van der Waals surface area contributed by atoms with Crippen molar-refractivity contribution < 1.29 is 19.8 Å². The van der Waals surface area contributed by atoms with Gasteiger partial charge in [-0.15, -0.1) is 11.3 Å². The van der Waals surface area contributed by atoms with E-state index in [1.165, 1.54) is 11.3 Å². The number of carboxylic acid groups (broad SMARTS) is 1. The van der Waals surface area contributed by atoms with E-state index in [9.17, 15) is 14.7 Å². The highest BCUT2D eigenvalue weighted by Crippen LogP contribution is 2.27. The maximum atomic E-state index is 12.1. The smallest absolute Gasteiger partial charge is 0.326 e. The summed E-state index contributed by atoms with van der Waals surface area (Å²) in [5.74, 6) is -1.11. The third kappa shape index (κ3) is 3.23. The molecule has 110 valence electrons. The third-order valence-electron chi connectivity index (χ3n) is 3.19. The van der Waals surface area contributed by atoms with Crippen molar-refractivity contribution in [3.8, 4) is 0 Å². The Bertz CT molecular complexity index is 521. The number of hydrogen-bond donors (Lipinski definition) is 3. The van der Waals surface area contributed by atoms with Gasteiger partial charge in [0.15, 0.2) is 0 Å². The zero-order chi connectivity index (χ0) is 14.9. The van der Waals surface area contributed by atoms with Gasteiger partial charge in [0.25, 0.3) is 0 Å².